The van der Waals surface area contributed by atoms with Crippen LogP contribution < -0.4 is 10.9 Å². The van der Waals surface area contributed by atoms with Crippen molar-refractivity contribution in [2.24, 2.45) is 5.84 Å². The summed E-state index contributed by atoms with van der Waals surface area (Å²) in [6.45, 7) is 0. The van der Waals surface area contributed by atoms with Crippen molar-refractivity contribution in [3.63, 3.8) is 0 Å². The smallest absolute Gasteiger partial charge is 0.151 e. The minimum atomic E-state index is -0.611. The lowest BCUT2D eigenvalue weighted by Gasteiger charge is -2.21. The summed E-state index contributed by atoms with van der Waals surface area (Å²) < 4.78 is 13.7. The van der Waals surface area contributed by atoms with E-state index >= 15 is 0 Å². The van der Waals surface area contributed by atoms with Crippen molar-refractivity contribution in [3.05, 3.63) is 63.9 Å². The van der Waals surface area contributed by atoms with Gasteiger partial charge in [-0.1, -0.05) is 41.4 Å². The number of hydrogen-bond acceptors (Lipinski definition) is 2. The molecule has 2 rings (SSSR count). The van der Waals surface area contributed by atoms with Gasteiger partial charge < -0.3 is 0 Å². The molecule has 3 nitrogen and oxygen atoms in total. The lowest BCUT2D eigenvalue weighted by atomic mass is 10.1. The van der Waals surface area contributed by atoms with Crippen LogP contribution in [0.1, 0.15) is 5.56 Å². The van der Waals surface area contributed by atoms with Gasteiger partial charge in [-0.2, -0.15) is 0 Å². The van der Waals surface area contributed by atoms with Crippen LogP contribution in [-0.2, 0) is 0 Å². The predicted molar refractivity (Wildman–Crippen MR) is 76.4 cm³/mol. The van der Waals surface area contributed by atoms with Crippen LogP contribution in [0.15, 0.2) is 42.5 Å². The van der Waals surface area contributed by atoms with Crippen molar-refractivity contribution in [2.75, 3.05) is 5.01 Å². The van der Waals surface area contributed by atoms with E-state index in [4.69, 9.17) is 34.5 Å². The number of benzene rings is 2. The van der Waals surface area contributed by atoms with Crippen molar-refractivity contribution >= 4 is 34.7 Å². The monoisotopic (exact) mass is 297 g/mol. The zero-order chi connectivity index (χ0) is 14.0. The van der Waals surface area contributed by atoms with Gasteiger partial charge in [0.05, 0.1) is 21.3 Å². The molecule has 0 radical (unpaired) electrons. The van der Waals surface area contributed by atoms with Crippen molar-refractivity contribution < 1.29 is 4.39 Å². The third-order valence-corrected chi connectivity index (χ3v) is 3.19. The number of hydrogen-bond donors (Lipinski definition) is 2. The first kappa shape index (κ1) is 13.8. The van der Waals surface area contributed by atoms with Gasteiger partial charge in [0, 0.05) is 0 Å². The number of rotatable bonds is 2. The molecular weight excluding hydrogens is 288 g/mol. The van der Waals surface area contributed by atoms with E-state index in [9.17, 15) is 4.39 Å². The van der Waals surface area contributed by atoms with Gasteiger partial charge in [0.2, 0.25) is 0 Å². The van der Waals surface area contributed by atoms with Crippen LogP contribution in [0.2, 0.25) is 10.0 Å². The van der Waals surface area contributed by atoms with E-state index < -0.39 is 5.82 Å². The maximum absolute atomic E-state index is 13.7. The van der Waals surface area contributed by atoms with Crippen LogP contribution in [0, 0.1) is 11.2 Å². The summed E-state index contributed by atoms with van der Waals surface area (Å²) in [6, 6.07) is 10.9. The molecule has 6 heteroatoms. The maximum atomic E-state index is 13.7. The summed E-state index contributed by atoms with van der Waals surface area (Å²) >= 11 is 11.9. The van der Waals surface area contributed by atoms with E-state index in [0.717, 1.165) is 5.01 Å². The zero-order valence-electron chi connectivity index (χ0n) is 9.70. The van der Waals surface area contributed by atoms with Crippen LogP contribution in [0.5, 0.6) is 0 Å². The molecule has 19 heavy (non-hydrogen) atoms. The molecule has 0 amide bonds. The third kappa shape index (κ3) is 2.71. The summed E-state index contributed by atoms with van der Waals surface area (Å²) in [5.74, 6) is 4.93. The van der Waals surface area contributed by atoms with Crippen LogP contribution in [-0.4, -0.2) is 5.84 Å². The normalized spacial score (nSPS) is 10.3. The van der Waals surface area contributed by atoms with E-state index in [-0.39, 0.29) is 16.4 Å². The second-order valence-corrected chi connectivity index (χ2v) is 4.58. The second-order valence-electron chi connectivity index (χ2n) is 3.77. The van der Waals surface area contributed by atoms with Gasteiger partial charge in [0.25, 0.3) is 0 Å². The quantitative estimate of drug-likeness (QED) is 0.383. The number of halogens is 3. The largest absolute Gasteiger partial charge is 0.283 e. The Morgan fingerprint density at radius 1 is 1.05 bits per heavy atom. The Morgan fingerprint density at radius 2 is 1.68 bits per heavy atom. The summed E-state index contributed by atoms with van der Waals surface area (Å²) in [4.78, 5) is 0. The molecule has 98 valence electrons. The Morgan fingerprint density at radius 3 is 2.32 bits per heavy atom. The van der Waals surface area contributed by atoms with Gasteiger partial charge in [0.1, 0.15) is 5.82 Å². The molecule has 0 bridgehead atoms. The minimum Gasteiger partial charge on any atom is -0.283 e. The Labute approximate surface area is 119 Å². The standard InChI is InChI=1S/C13H10Cl2FN3/c14-8-4-1-2-7-11(8)19(18)13(17)12-9(15)5-3-6-10(12)16/h1-7,17H,18H2. The first-order valence-electron chi connectivity index (χ1n) is 5.34. The summed E-state index contributed by atoms with van der Waals surface area (Å²) in [5.41, 5.74) is 0.333. The molecule has 2 aromatic carbocycles. The zero-order valence-corrected chi connectivity index (χ0v) is 11.2. The molecule has 0 spiro atoms. The fraction of sp³-hybridized carbons (Fsp3) is 0. The van der Waals surface area contributed by atoms with Crippen LogP contribution in [0.25, 0.3) is 0 Å². The van der Waals surface area contributed by atoms with Gasteiger partial charge in [-0.15, -0.1) is 0 Å². The molecule has 3 N–H and O–H groups in total. The second kappa shape index (κ2) is 5.57. The summed E-state index contributed by atoms with van der Waals surface area (Å²) in [7, 11) is 0. The molecule has 0 aliphatic heterocycles. The van der Waals surface area contributed by atoms with Crippen LogP contribution >= 0.6 is 23.2 Å². The Bertz CT molecular complexity index is 611. The van der Waals surface area contributed by atoms with Crippen molar-refractivity contribution in [1.29, 1.82) is 5.41 Å². The lowest BCUT2D eigenvalue weighted by molar-refractivity contribution is 0.624. The fourth-order valence-electron chi connectivity index (χ4n) is 1.61. The molecule has 0 aliphatic rings. The molecule has 0 fully saturated rings. The van der Waals surface area contributed by atoms with Crippen LogP contribution in [0.4, 0.5) is 10.1 Å². The predicted octanol–water partition coefficient (Wildman–Crippen LogP) is 3.84. The molecule has 0 atom stereocenters. The Hall–Kier alpha value is -1.62. The number of amidine groups is 1. The average molecular weight is 298 g/mol. The number of anilines is 1. The number of nitrogens with one attached hydrogen (secondary N) is 1. The molecule has 0 aromatic heterocycles. The number of nitrogens with zero attached hydrogens (tertiary/aromatic N) is 1. The highest BCUT2D eigenvalue weighted by Gasteiger charge is 2.19. The SMILES string of the molecule is N=C(c1c(F)cccc1Cl)N(N)c1ccccc1Cl. The number of hydrazine groups is 1. The Kier molecular flexibility index (Phi) is 4.04. The van der Waals surface area contributed by atoms with Gasteiger partial charge in [-0.3, -0.25) is 10.4 Å². The van der Waals surface area contributed by atoms with E-state index in [0.29, 0.717) is 10.7 Å². The summed E-state index contributed by atoms with van der Waals surface area (Å²) in [6.07, 6.45) is 0. The molecular formula is C13H10Cl2FN3. The molecule has 0 aliphatic carbocycles. The molecule has 2 aromatic rings. The van der Waals surface area contributed by atoms with E-state index in [1.807, 2.05) is 0 Å². The molecule has 0 heterocycles. The van der Waals surface area contributed by atoms with Gasteiger partial charge >= 0.3 is 0 Å². The van der Waals surface area contributed by atoms with E-state index in [1.54, 1.807) is 24.3 Å². The third-order valence-electron chi connectivity index (χ3n) is 2.55. The molecule has 0 saturated heterocycles. The number of nitrogens with two attached hydrogens (primary N) is 1. The first-order chi connectivity index (χ1) is 9.02. The fourth-order valence-corrected chi connectivity index (χ4v) is 2.09. The van der Waals surface area contributed by atoms with Gasteiger partial charge in [0.15, 0.2) is 5.84 Å². The number of para-hydroxylation sites is 1. The van der Waals surface area contributed by atoms with Crippen molar-refractivity contribution in [3.8, 4) is 0 Å². The van der Waals surface area contributed by atoms with Crippen LogP contribution in [0.3, 0.4) is 0 Å². The Balaban J connectivity index is 2.43. The lowest BCUT2D eigenvalue weighted by Crippen LogP contribution is -2.38. The minimum absolute atomic E-state index is 0.0633. The van der Waals surface area contributed by atoms with E-state index in [1.165, 1.54) is 18.2 Å². The first-order valence-corrected chi connectivity index (χ1v) is 6.10. The molecule has 0 unspecified atom stereocenters. The average Bonchev–Trinajstić information content (AvgIpc) is 2.38. The summed E-state index contributed by atoms with van der Waals surface area (Å²) in [5, 5.41) is 9.44. The highest BCUT2D eigenvalue weighted by Crippen LogP contribution is 2.27. The van der Waals surface area contributed by atoms with Crippen molar-refractivity contribution in [1.82, 2.24) is 0 Å². The highest BCUT2D eigenvalue weighted by atomic mass is 35.5. The highest BCUT2D eigenvalue weighted by molar-refractivity contribution is 6.36. The van der Waals surface area contributed by atoms with E-state index in [2.05, 4.69) is 0 Å². The maximum Gasteiger partial charge on any atom is 0.151 e. The van der Waals surface area contributed by atoms with Gasteiger partial charge in [-0.25, -0.2) is 10.2 Å². The van der Waals surface area contributed by atoms with Crippen molar-refractivity contribution in [2.45, 2.75) is 0 Å². The molecule has 0 saturated carbocycles. The van der Waals surface area contributed by atoms with Gasteiger partial charge in [-0.05, 0) is 24.3 Å². The topological polar surface area (TPSA) is 53.1 Å².